The van der Waals surface area contributed by atoms with Gasteiger partial charge in [-0.1, -0.05) is 58.0 Å². The molecule has 1 aromatic carbocycles. The van der Waals surface area contributed by atoms with Crippen molar-refractivity contribution in [3.8, 4) is 0 Å². The van der Waals surface area contributed by atoms with Crippen molar-refractivity contribution in [1.82, 2.24) is 4.90 Å². The molecule has 21 heavy (non-hydrogen) atoms. The van der Waals surface area contributed by atoms with Gasteiger partial charge < -0.3 is 5.11 Å². The number of carbonyl (C=O) groups is 1. The molecule has 0 aromatic heterocycles. The van der Waals surface area contributed by atoms with E-state index in [1.54, 1.807) is 6.92 Å². The summed E-state index contributed by atoms with van der Waals surface area (Å²) in [6, 6.07) is 8.56. The zero-order valence-corrected chi connectivity index (χ0v) is 13.6. The molecule has 1 aromatic rings. The molecular weight excluding hydrogens is 262 g/mol. The van der Waals surface area contributed by atoms with Crippen LogP contribution in [0.3, 0.4) is 0 Å². The van der Waals surface area contributed by atoms with Crippen molar-refractivity contribution in [2.24, 2.45) is 5.92 Å². The molecule has 0 spiro atoms. The predicted molar refractivity (Wildman–Crippen MR) is 87.4 cm³/mol. The van der Waals surface area contributed by atoms with E-state index in [2.05, 4.69) is 56.5 Å². The number of carboxylic acid groups (broad SMARTS) is 1. The molecule has 0 radical (unpaired) electrons. The first-order valence-electron chi connectivity index (χ1n) is 7.39. The number of rotatable bonds is 7. The summed E-state index contributed by atoms with van der Waals surface area (Å²) >= 11 is 0. The maximum absolute atomic E-state index is 11.0. The number of benzene rings is 1. The predicted octanol–water partition coefficient (Wildman–Crippen LogP) is 3.69. The van der Waals surface area contributed by atoms with Crippen molar-refractivity contribution >= 4 is 5.97 Å². The van der Waals surface area contributed by atoms with Crippen LogP contribution in [0.2, 0.25) is 0 Å². The lowest BCUT2D eigenvalue weighted by Gasteiger charge is -2.24. The topological polar surface area (TPSA) is 40.5 Å². The summed E-state index contributed by atoms with van der Waals surface area (Å²) in [5, 5.41) is 9.04. The van der Waals surface area contributed by atoms with Crippen LogP contribution in [0.4, 0.5) is 0 Å². The lowest BCUT2D eigenvalue weighted by molar-refractivity contribution is -0.141. The maximum Gasteiger partial charge on any atom is 0.307 e. The van der Waals surface area contributed by atoms with Gasteiger partial charge in [0.2, 0.25) is 0 Å². The third-order valence-corrected chi connectivity index (χ3v) is 3.57. The zero-order valence-electron chi connectivity index (χ0n) is 13.6. The molecular formula is C18H27NO2. The van der Waals surface area contributed by atoms with E-state index in [-0.39, 0.29) is 11.3 Å². The third-order valence-electron chi connectivity index (χ3n) is 3.57. The minimum atomic E-state index is -0.757. The minimum Gasteiger partial charge on any atom is -0.481 e. The van der Waals surface area contributed by atoms with Crippen LogP contribution in [0.15, 0.2) is 36.9 Å². The van der Waals surface area contributed by atoms with Gasteiger partial charge in [-0.25, -0.2) is 0 Å². The van der Waals surface area contributed by atoms with Gasteiger partial charge in [-0.05, 0) is 16.5 Å². The van der Waals surface area contributed by atoms with Crippen LogP contribution in [0.5, 0.6) is 0 Å². The standard InChI is InChI=1S/C18H27NO2/c1-6-11-19(12-14(2)17(20)21)13-15-7-9-16(10-8-15)18(3,4)5/h6-10,14H,1,11-13H2,2-5H3,(H,20,21). The number of hydrogen-bond donors (Lipinski definition) is 1. The fraction of sp³-hybridized carbons (Fsp3) is 0.500. The molecule has 0 aliphatic heterocycles. The molecule has 0 bridgehead atoms. The largest absolute Gasteiger partial charge is 0.481 e. The van der Waals surface area contributed by atoms with E-state index in [0.717, 1.165) is 6.54 Å². The van der Waals surface area contributed by atoms with E-state index in [0.29, 0.717) is 13.1 Å². The van der Waals surface area contributed by atoms with Crippen LogP contribution in [0, 0.1) is 5.92 Å². The van der Waals surface area contributed by atoms with Crippen LogP contribution in [-0.4, -0.2) is 29.1 Å². The Morgan fingerprint density at radius 1 is 1.33 bits per heavy atom. The molecule has 3 heteroatoms. The lowest BCUT2D eigenvalue weighted by Crippen LogP contribution is -2.31. The highest BCUT2D eigenvalue weighted by Crippen LogP contribution is 2.22. The number of hydrogen-bond acceptors (Lipinski definition) is 2. The normalized spacial score (nSPS) is 13.2. The fourth-order valence-corrected chi connectivity index (χ4v) is 2.22. The Labute approximate surface area is 128 Å². The second kappa shape index (κ2) is 7.41. The first-order valence-corrected chi connectivity index (χ1v) is 7.39. The van der Waals surface area contributed by atoms with Crippen LogP contribution in [-0.2, 0) is 16.8 Å². The van der Waals surface area contributed by atoms with Gasteiger partial charge in [0.1, 0.15) is 0 Å². The van der Waals surface area contributed by atoms with Crippen molar-refractivity contribution in [3.05, 3.63) is 48.0 Å². The Hall–Kier alpha value is -1.61. The summed E-state index contributed by atoms with van der Waals surface area (Å²) in [7, 11) is 0. The second-order valence-corrected chi connectivity index (χ2v) is 6.67. The molecule has 1 N–H and O–H groups in total. The van der Waals surface area contributed by atoms with Crippen molar-refractivity contribution in [3.63, 3.8) is 0 Å². The van der Waals surface area contributed by atoms with Crippen molar-refractivity contribution < 1.29 is 9.90 Å². The summed E-state index contributed by atoms with van der Waals surface area (Å²) < 4.78 is 0. The molecule has 1 rings (SSSR count). The highest BCUT2D eigenvalue weighted by Gasteiger charge is 2.16. The summed E-state index contributed by atoms with van der Waals surface area (Å²) in [5.74, 6) is -1.13. The highest BCUT2D eigenvalue weighted by molar-refractivity contribution is 5.69. The van der Waals surface area contributed by atoms with Crippen LogP contribution >= 0.6 is 0 Å². The summed E-state index contributed by atoms with van der Waals surface area (Å²) in [6.45, 7) is 14.0. The monoisotopic (exact) mass is 289 g/mol. The lowest BCUT2D eigenvalue weighted by atomic mass is 9.87. The number of aliphatic carboxylic acids is 1. The molecule has 0 aliphatic carbocycles. The Bertz CT molecular complexity index is 471. The van der Waals surface area contributed by atoms with E-state index in [9.17, 15) is 4.79 Å². The SMILES string of the molecule is C=CCN(Cc1ccc(C(C)(C)C)cc1)CC(C)C(=O)O. The summed E-state index contributed by atoms with van der Waals surface area (Å²) in [5.41, 5.74) is 2.65. The van der Waals surface area contributed by atoms with Crippen molar-refractivity contribution in [1.29, 1.82) is 0 Å². The molecule has 1 atom stereocenters. The maximum atomic E-state index is 11.0. The Morgan fingerprint density at radius 2 is 1.90 bits per heavy atom. The molecule has 3 nitrogen and oxygen atoms in total. The smallest absolute Gasteiger partial charge is 0.307 e. The zero-order chi connectivity index (χ0) is 16.0. The average molecular weight is 289 g/mol. The van der Waals surface area contributed by atoms with Crippen LogP contribution in [0.1, 0.15) is 38.8 Å². The molecule has 0 aliphatic rings. The average Bonchev–Trinajstić information content (AvgIpc) is 2.38. The Morgan fingerprint density at radius 3 is 2.33 bits per heavy atom. The Kier molecular flexibility index (Phi) is 6.16. The first-order chi connectivity index (χ1) is 9.74. The molecule has 116 valence electrons. The molecule has 0 amide bonds. The molecule has 0 fully saturated rings. The Balaban J connectivity index is 2.75. The van der Waals surface area contributed by atoms with Crippen LogP contribution in [0.25, 0.3) is 0 Å². The van der Waals surface area contributed by atoms with Gasteiger partial charge in [-0.2, -0.15) is 0 Å². The van der Waals surface area contributed by atoms with E-state index in [4.69, 9.17) is 5.11 Å². The van der Waals surface area contributed by atoms with E-state index < -0.39 is 5.97 Å². The summed E-state index contributed by atoms with van der Waals surface area (Å²) in [4.78, 5) is 13.1. The van der Waals surface area contributed by atoms with Gasteiger partial charge >= 0.3 is 5.97 Å². The highest BCUT2D eigenvalue weighted by atomic mass is 16.4. The minimum absolute atomic E-state index is 0.150. The molecule has 0 saturated carbocycles. The second-order valence-electron chi connectivity index (χ2n) is 6.67. The van der Waals surface area contributed by atoms with Gasteiger partial charge in [0.05, 0.1) is 5.92 Å². The summed E-state index contributed by atoms with van der Waals surface area (Å²) in [6.07, 6.45) is 1.82. The first kappa shape index (κ1) is 17.4. The number of carboxylic acids is 1. The van der Waals surface area contributed by atoms with Gasteiger partial charge in [-0.3, -0.25) is 9.69 Å². The van der Waals surface area contributed by atoms with Crippen molar-refractivity contribution in [2.45, 2.75) is 39.7 Å². The van der Waals surface area contributed by atoms with E-state index in [1.165, 1.54) is 11.1 Å². The fourth-order valence-electron chi connectivity index (χ4n) is 2.22. The van der Waals surface area contributed by atoms with Gasteiger partial charge in [-0.15, -0.1) is 6.58 Å². The van der Waals surface area contributed by atoms with Gasteiger partial charge in [0.15, 0.2) is 0 Å². The van der Waals surface area contributed by atoms with E-state index in [1.807, 2.05) is 6.08 Å². The van der Waals surface area contributed by atoms with E-state index >= 15 is 0 Å². The van der Waals surface area contributed by atoms with Crippen LogP contribution < -0.4 is 0 Å². The molecule has 0 saturated heterocycles. The quantitative estimate of drug-likeness (QED) is 0.778. The third kappa shape index (κ3) is 5.72. The number of nitrogens with zero attached hydrogens (tertiary/aromatic N) is 1. The molecule has 0 heterocycles. The van der Waals surface area contributed by atoms with Crippen molar-refractivity contribution in [2.75, 3.05) is 13.1 Å². The van der Waals surface area contributed by atoms with Gasteiger partial charge in [0.25, 0.3) is 0 Å². The van der Waals surface area contributed by atoms with Gasteiger partial charge in [0, 0.05) is 19.6 Å². The molecule has 1 unspecified atom stereocenters.